The van der Waals surface area contributed by atoms with Crippen molar-refractivity contribution in [2.45, 2.75) is 51.9 Å². The van der Waals surface area contributed by atoms with Crippen molar-refractivity contribution in [2.75, 3.05) is 13.1 Å². The van der Waals surface area contributed by atoms with Gasteiger partial charge in [-0.25, -0.2) is 4.79 Å². The standard InChI is InChI=1S/C26H32N2O4/c1-5-19-11-12-23(31-18-20-9-7-6-8-10-20)21(15-19)16-24(29)27-22-13-14-28(17-22)25(30)32-26(2,3)4/h5-12,15,22H,1,13-14,16-18H2,2-4H3,(H,27,29). The summed E-state index contributed by atoms with van der Waals surface area (Å²) in [7, 11) is 0. The van der Waals surface area contributed by atoms with E-state index in [-0.39, 0.29) is 24.5 Å². The highest BCUT2D eigenvalue weighted by Crippen LogP contribution is 2.23. The van der Waals surface area contributed by atoms with Crippen molar-refractivity contribution >= 4 is 18.1 Å². The summed E-state index contributed by atoms with van der Waals surface area (Å²) >= 11 is 0. The molecule has 0 saturated carbocycles. The van der Waals surface area contributed by atoms with Crippen LogP contribution in [0.2, 0.25) is 0 Å². The molecule has 1 aliphatic heterocycles. The van der Waals surface area contributed by atoms with E-state index in [9.17, 15) is 9.59 Å². The van der Waals surface area contributed by atoms with Gasteiger partial charge >= 0.3 is 6.09 Å². The van der Waals surface area contributed by atoms with E-state index in [1.807, 2.05) is 69.3 Å². The van der Waals surface area contributed by atoms with Crippen molar-refractivity contribution in [3.05, 3.63) is 71.8 Å². The number of nitrogens with one attached hydrogen (secondary N) is 1. The Hall–Kier alpha value is -3.28. The lowest BCUT2D eigenvalue weighted by molar-refractivity contribution is -0.121. The molecule has 6 nitrogen and oxygen atoms in total. The predicted octanol–water partition coefficient (Wildman–Crippen LogP) is 4.58. The highest BCUT2D eigenvalue weighted by Gasteiger charge is 2.30. The molecule has 2 aromatic rings. The predicted molar refractivity (Wildman–Crippen MR) is 125 cm³/mol. The molecule has 1 heterocycles. The highest BCUT2D eigenvalue weighted by molar-refractivity contribution is 5.80. The van der Waals surface area contributed by atoms with Crippen LogP contribution in [0.15, 0.2) is 55.1 Å². The molecule has 170 valence electrons. The first-order valence-corrected chi connectivity index (χ1v) is 10.9. The maximum absolute atomic E-state index is 12.8. The molecule has 0 aliphatic carbocycles. The molecule has 2 aromatic carbocycles. The van der Waals surface area contributed by atoms with Crippen LogP contribution in [0, 0.1) is 0 Å². The second-order valence-electron chi connectivity index (χ2n) is 9.00. The SMILES string of the molecule is C=Cc1ccc(OCc2ccccc2)c(CC(=O)NC2CCN(C(=O)OC(C)(C)C)C2)c1. The zero-order valence-electron chi connectivity index (χ0n) is 19.1. The van der Waals surface area contributed by atoms with Gasteiger partial charge in [-0.2, -0.15) is 0 Å². The van der Waals surface area contributed by atoms with Gasteiger partial charge in [0.05, 0.1) is 6.42 Å². The summed E-state index contributed by atoms with van der Waals surface area (Å²) in [6.07, 6.45) is 2.30. The number of benzene rings is 2. The number of hydrogen-bond acceptors (Lipinski definition) is 4. The average molecular weight is 437 g/mol. The Labute approximate surface area is 190 Å². The van der Waals surface area contributed by atoms with Crippen molar-refractivity contribution in [3.8, 4) is 5.75 Å². The van der Waals surface area contributed by atoms with Gasteiger partial charge in [-0.15, -0.1) is 0 Å². The smallest absolute Gasteiger partial charge is 0.410 e. The minimum Gasteiger partial charge on any atom is -0.489 e. The first-order valence-electron chi connectivity index (χ1n) is 10.9. The number of rotatable bonds is 7. The van der Waals surface area contributed by atoms with E-state index in [2.05, 4.69) is 11.9 Å². The quantitative estimate of drug-likeness (QED) is 0.690. The molecule has 1 atom stereocenters. The van der Waals surface area contributed by atoms with E-state index in [1.165, 1.54) is 0 Å². The topological polar surface area (TPSA) is 67.9 Å². The van der Waals surface area contributed by atoms with Gasteiger partial charge in [-0.3, -0.25) is 4.79 Å². The van der Waals surface area contributed by atoms with E-state index < -0.39 is 5.60 Å². The number of carbonyl (C=O) groups excluding carboxylic acids is 2. The zero-order chi connectivity index (χ0) is 23.1. The number of nitrogens with zero attached hydrogens (tertiary/aromatic N) is 1. The Morgan fingerprint density at radius 3 is 2.62 bits per heavy atom. The molecule has 0 spiro atoms. The maximum Gasteiger partial charge on any atom is 0.410 e. The molecular weight excluding hydrogens is 404 g/mol. The normalized spacial score (nSPS) is 15.8. The Balaban J connectivity index is 1.59. The van der Waals surface area contributed by atoms with Crippen LogP contribution in [0.5, 0.6) is 5.75 Å². The molecule has 0 bridgehead atoms. The molecule has 0 aromatic heterocycles. The second-order valence-corrected chi connectivity index (χ2v) is 9.00. The van der Waals surface area contributed by atoms with Gasteiger partial charge < -0.3 is 19.7 Å². The fourth-order valence-electron chi connectivity index (χ4n) is 3.56. The lowest BCUT2D eigenvalue weighted by atomic mass is 10.1. The molecule has 2 amide bonds. The van der Waals surface area contributed by atoms with Crippen molar-refractivity contribution in [1.82, 2.24) is 10.2 Å². The average Bonchev–Trinajstić information content (AvgIpc) is 3.21. The highest BCUT2D eigenvalue weighted by atomic mass is 16.6. The molecule has 1 N–H and O–H groups in total. The van der Waals surface area contributed by atoms with Crippen molar-refractivity contribution in [2.24, 2.45) is 0 Å². The molecule has 1 aliphatic rings. The third-order valence-corrected chi connectivity index (χ3v) is 5.11. The summed E-state index contributed by atoms with van der Waals surface area (Å²) in [5, 5.41) is 3.04. The summed E-state index contributed by atoms with van der Waals surface area (Å²) in [5.74, 6) is 0.572. The van der Waals surface area contributed by atoms with E-state index in [0.29, 0.717) is 31.9 Å². The number of likely N-dealkylation sites (tertiary alicyclic amines) is 1. The van der Waals surface area contributed by atoms with Crippen molar-refractivity contribution < 1.29 is 19.1 Å². The molecule has 1 fully saturated rings. The minimum atomic E-state index is -0.537. The van der Waals surface area contributed by atoms with E-state index >= 15 is 0 Å². The number of hydrogen-bond donors (Lipinski definition) is 1. The van der Waals surface area contributed by atoms with Crippen LogP contribution in [0.25, 0.3) is 6.08 Å². The molecule has 1 saturated heterocycles. The summed E-state index contributed by atoms with van der Waals surface area (Å²) in [6.45, 7) is 10.8. The number of ether oxygens (including phenoxy) is 2. The Kier molecular flexibility index (Phi) is 7.57. The molecule has 32 heavy (non-hydrogen) atoms. The third-order valence-electron chi connectivity index (χ3n) is 5.11. The summed E-state index contributed by atoms with van der Waals surface area (Å²) in [5.41, 5.74) is 2.25. The first kappa shape index (κ1) is 23.4. The monoisotopic (exact) mass is 436 g/mol. The zero-order valence-corrected chi connectivity index (χ0v) is 19.1. The van der Waals surface area contributed by atoms with Crippen LogP contribution in [-0.2, 0) is 22.6 Å². The fourth-order valence-corrected chi connectivity index (χ4v) is 3.56. The third kappa shape index (κ3) is 6.87. The van der Waals surface area contributed by atoms with Crippen LogP contribution >= 0.6 is 0 Å². The molecule has 3 rings (SSSR count). The Bertz CT molecular complexity index is 950. The van der Waals surface area contributed by atoms with E-state index in [1.54, 1.807) is 11.0 Å². The Morgan fingerprint density at radius 2 is 1.94 bits per heavy atom. The van der Waals surface area contributed by atoms with E-state index in [4.69, 9.17) is 9.47 Å². The van der Waals surface area contributed by atoms with Crippen molar-refractivity contribution in [1.29, 1.82) is 0 Å². The number of carbonyl (C=O) groups is 2. The van der Waals surface area contributed by atoms with Gasteiger partial charge in [0.25, 0.3) is 0 Å². The van der Waals surface area contributed by atoms with Crippen LogP contribution in [0.1, 0.15) is 43.9 Å². The van der Waals surface area contributed by atoms with Gasteiger partial charge in [0.1, 0.15) is 18.0 Å². The summed E-state index contributed by atoms with van der Waals surface area (Å²) in [6, 6.07) is 15.5. The van der Waals surface area contributed by atoms with Gasteiger partial charge in [0.15, 0.2) is 0 Å². The largest absolute Gasteiger partial charge is 0.489 e. The van der Waals surface area contributed by atoms with Crippen LogP contribution in [0.4, 0.5) is 4.79 Å². The van der Waals surface area contributed by atoms with Gasteiger partial charge in [0, 0.05) is 24.7 Å². The molecule has 6 heteroatoms. The van der Waals surface area contributed by atoms with E-state index in [0.717, 1.165) is 16.7 Å². The summed E-state index contributed by atoms with van der Waals surface area (Å²) in [4.78, 5) is 26.7. The minimum absolute atomic E-state index is 0.0914. The molecule has 1 unspecified atom stereocenters. The Morgan fingerprint density at radius 1 is 1.19 bits per heavy atom. The molecular formula is C26H32N2O4. The van der Waals surface area contributed by atoms with Crippen LogP contribution in [0.3, 0.4) is 0 Å². The number of amides is 2. The lowest BCUT2D eigenvalue weighted by Gasteiger charge is -2.24. The summed E-state index contributed by atoms with van der Waals surface area (Å²) < 4.78 is 11.4. The fraction of sp³-hybridized carbons (Fsp3) is 0.385. The maximum atomic E-state index is 12.8. The molecule has 0 radical (unpaired) electrons. The van der Waals surface area contributed by atoms with Gasteiger partial charge in [0.2, 0.25) is 5.91 Å². The first-order chi connectivity index (χ1) is 15.2. The second kappa shape index (κ2) is 10.4. The van der Waals surface area contributed by atoms with Crippen LogP contribution < -0.4 is 10.1 Å². The van der Waals surface area contributed by atoms with Gasteiger partial charge in [-0.1, -0.05) is 49.1 Å². The lowest BCUT2D eigenvalue weighted by Crippen LogP contribution is -2.40. The van der Waals surface area contributed by atoms with Crippen LogP contribution in [-0.4, -0.2) is 41.6 Å². The van der Waals surface area contributed by atoms with Crippen molar-refractivity contribution in [3.63, 3.8) is 0 Å². The van der Waals surface area contributed by atoms with Gasteiger partial charge in [-0.05, 0) is 50.5 Å².